The lowest BCUT2D eigenvalue weighted by atomic mass is 9.87. The van der Waals surface area contributed by atoms with E-state index in [9.17, 15) is 4.39 Å². The van der Waals surface area contributed by atoms with Crippen molar-refractivity contribution in [2.75, 3.05) is 13.7 Å². The minimum Gasteiger partial charge on any atom is -0.494 e. The molecule has 1 aliphatic carbocycles. The van der Waals surface area contributed by atoms with Crippen LogP contribution in [0.25, 0.3) is 0 Å². The molecule has 1 aliphatic rings. The molecule has 2 atom stereocenters. The van der Waals surface area contributed by atoms with Crippen molar-refractivity contribution in [2.24, 2.45) is 0 Å². The van der Waals surface area contributed by atoms with E-state index in [1.54, 1.807) is 12.1 Å². The van der Waals surface area contributed by atoms with Gasteiger partial charge in [-0.2, -0.15) is 0 Å². The van der Waals surface area contributed by atoms with Gasteiger partial charge in [0, 0.05) is 6.04 Å². The third-order valence-corrected chi connectivity index (χ3v) is 4.28. The van der Waals surface area contributed by atoms with E-state index in [4.69, 9.17) is 4.74 Å². The fraction of sp³-hybridized carbons (Fsp3) is 0.647. The van der Waals surface area contributed by atoms with Crippen molar-refractivity contribution in [1.29, 1.82) is 0 Å². The van der Waals surface area contributed by atoms with E-state index in [1.807, 2.05) is 6.07 Å². The number of rotatable bonds is 5. The van der Waals surface area contributed by atoms with E-state index in [-0.39, 0.29) is 5.82 Å². The Morgan fingerprint density at radius 1 is 1.25 bits per heavy atom. The Labute approximate surface area is 121 Å². The standard InChI is InChI=1S/C17H26FNO/c1-3-11-19-16-8-6-4-5-7-14(16)13-9-10-17(20-2)15(18)12-13/h9-10,12,14,16,19H,3-8,11H2,1-2H3. The summed E-state index contributed by atoms with van der Waals surface area (Å²) >= 11 is 0. The highest BCUT2D eigenvalue weighted by atomic mass is 19.1. The predicted octanol–water partition coefficient (Wildman–Crippen LogP) is 4.25. The Bertz CT molecular complexity index is 421. The molecule has 0 saturated heterocycles. The van der Waals surface area contributed by atoms with Crippen LogP contribution in [0.1, 0.15) is 56.9 Å². The fourth-order valence-corrected chi connectivity index (χ4v) is 3.19. The summed E-state index contributed by atoms with van der Waals surface area (Å²) in [5.41, 5.74) is 1.11. The van der Waals surface area contributed by atoms with Gasteiger partial charge < -0.3 is 10.1 Å². The number of nitrogens with one attached hydrogen (secondary N) is 1. The largest absolute Gasteiger partial charge is 0.494 e. The zero-order valence-electron chi connectivity index (χ0n) is 12.6. The van der Waals surface area contributed by atoms with Gasteiger partial charge in [0.1, 0.15) is 0 Å². The fourth-order valence-electron chi connectivity index (χ4n) is 3.19. The van der Waals surface area contributed by atoms with Gasteiger partial charge in [0.15, 0.2) is 11.6 Å². The van der Waals surface area contributed by atoms with Crippen LogP contribution >= 0.6 is 0 Å². The van der Waals surface area contributed by atoms with Gasteiger partial charge >= 0.3 is 0 Å². The predicted molar refractivity (Wildman–Crippen MR) is 80.9 cm³/mol. The summed E-state index contributed by atoms with van der Waals surface area (Å²) in [6, 6.07) is 5.92. The highest BCUT2D eigenvalue weighted by molar-refractivity contribution is 5.32. The molecule has 0 bridgehead atoms. The van der Waals surface area contributed by atoms with Crippen LogP contribution < -0.4 is 10.1 Å². The van der Waals surface area contributed by atoms with Crippen LogP contribution in [0.4, 0.5) is 4.39 Å². The normalized spacial score (nSPS) is 23.4. The maximum absolute atomic E-state index is 13.9. The Kier molecular flexibility index (Phi) is 5.84. The molecule has 1 aromatic carbocycles. The van der Waals surface area contributed by atoms with Crippen LogP contribution in [0.15, 0.2) is 18.2 Å². The molecule has 0 amide bonds. The molecule has 0 radical (unpaired) electrons. The summed E-state index contributed by atoms with van der Waals surface area (Å²) in [5, 5.41) is 3.65. The minimum absolute atomic E-state index is 0.247. The monoisotopic (exact) mass is 279 g/mol. The van der Waals surface area contributed by atoms with Gasteiger partial charge in [-0.15, -0.1) is 0 Å². The summed E-state index contributed by atoms with van der Waals surface area (Å²) < 4.78 is 19.0. The van der Waals surface area contributed by atoms with E-state index in [0.29, 0.717) is 17.7 Å². The van der Waals surface area contributed by atoms with Crippen LogP contribution in [0.2, 0.25) is 0 Å². The van der Waals surface area contributed by atoms with Crippen molar-refractivity contribution in [2.45, 2.75) is 57.4 Å². The first-order chi connectivity index (χ1) is 9.76. The average Bonchev–Trinajstić information content (AvgIpc) is 2.70. The smallest absolute Gasteiger partial charge is 0.165 e. The Balaban J connectivity index is 2.18. The van der Waals surface area contributed by atoms with E-state index >= 15 is 0 Å². The highest BCUT2D eigenvalue weighted by Gasteiger charge is 2.25. The second-order valence-electron chi connectivity index (χ2n) is 5.70. The van der Waals surface area contributed by atoms with E-state index in [1.165, 1.54) is 32.8 Å². The molecule has 20 heavy (non-hydrogen) atoms. The Morgan fingerprint density at radius 2 is 2.05 bits per heavy atom. The lowest BCUT2D eigenvalue weighted by Crippen LogP contribution is -2.34. The summed E-state index contributed by atoms with van der Waals surface area (Å²) in [7, 11) is 1.51. The summed E-state index contributed by atoms with van der Waals surface area (Å²) in [6.45, 7) is 3.23. The van der Waals surface area contributed by atoms with E-state index < -0.39 is 0 Å². The quantitative estimate of drug-likeness (QED) is 0.814. The molecule has 0 spiro atoms. The van der Waals surface area contributed by atoms with Crippen molar-refractivity contribution in [1.82, 2.24) is 5.32 Å². The maximum atomic E-state index is 13.9. The number of ether oxygens (including phenoxy) is 1. The zero-order chi connectivity index (χ0) is 14.4. The molecule has 1 fully saturated rings. The van der Waals surface area contributed by atoms with Crippen LogP contribution in [0, 0.1) is 5.82 Å². The lowest BCUT2D eigenvalue weighted by molar-refractivity contribution is 0.382. The molecule has 112 valence electrons. The molecule has 1 aromatic rings. The van der Waals surface area contributed by atoms with Gasteiger partial charge in [-0.3, -0.25) is 0 Å². The molecule has 0 heterocycles. The maximum Gasteiger partial charge on any atom is 0.165 e. The molecule has 3 heteroatoms. The highest BCUT2D eigenvalue weighted by Crippen LogP contribution is 2.33. The molecule has 2 nitrogen and oxygen atoms in total. The van der Waals surface area contributed by atoms with Crippen LogP contribution in [0.5, 0.6) is 5.75 Å². The van der Waals surface area contributed by atoms with Crippen LogP contribution in [-0.4, -0.2) is 19.7 Å². The topological polar surface area (TPSA) is 21.3 Å². The Hall–Kier alpha value is -1.09. The van der Waals surface area contributed by atoms with Gasteiger partial charge in [0.05, 0.1) is 7.11 Å². The SMILES string of the molecule is CCCNC1CCCCCC1c1ccc(OC)c(F)c1. The first kappa shape index (κ1) is 15.3. The third kappa shape index (κ3) is 3.72. The molecule has 2 rings (SSSR count). The zero-order valence-corrected chi connectivity index (χ0v) is 12.6. The first-order valence-corrected chi connectivity index (χ1v) is 7.83. The molecule has 0 aromatic heterocycles. The van der Waals surface area contributed by atoms with Gasteiger partial charge in [-0.1, -0.05) is 32.3 Å². The second-order valence-corrected chi connectivity index (χ2v) is 5.70. The van der Waals surface area contributed by atoms with Crippen molar-refractivity contribution in [3.05, 3.63) is 29.6 Å². The average molecular weight is 279 g/mol. The molecule has 0 aliphatic heterocycles. The Morgan fingerprint density at radius 3 is 2.75 bits per heavy atom. The van der Waals surface area contributed by atoms with Gasteiger partial charge in [-0.25, -0.2) is 4.39 Å². The van der Waals surface area contributed by atoms with Gasteiger partial charge in [0.25, 0.3) is 0 Å². The molecular weight excluding hydrogens is 253 g/mol. The van der Waals surface area contributed by atoms with Crippen molar-refractivity contribution in [3.8, 4) is 5.75 Å². The van der Waals surface area contributed by atoms with Crippen molar-refractivity contribution < 1.29 is 9.13 Å². The number of hydrogen-bond acceptors (Lipinski definition) is 2. The second kappa shape index (κ2) is 7.63. The van der Waals surface area contributed by atoms with Crippen LogP contribution in [0.3, 0.4) is 0 Å². The molecule has 1 N–H and O–H groups in total. The summed E-state index contributed by atoms with van der Waals surface area (Å²) in [4.78, 5) is 0. The first-order valence-electron chi connectivity index (χ1n) is 7.83. The van der Waals surface area contributed by atoms with E-state index in [0.717, 1.165) is 24.9 Å². The molecule has 2 unspecified atom stereocenters. The number of benzene rings is 1. The summed E-state index contributed by atoms with van der Waals surface area (Å²) in [6.07, 6.45) is 7.28. The number of hydrogen-bond donors (Lipinski definition) is 1. The van der Waals surface area contributed by atoms with Crippen LogP contribution in [-0.2, 0) is 0 Å². The van der Waals surface area contributed by atoms with Crippen molar-refractivity contribution in [3.63, 3.8) is 0 Å². The molecular formula is C17H26FNO. The lowest BCUT2D eigenvalue weighted by Gasteiger charge is -2.27. The minimum atomic E-state index is -0.247. The third-order valence-electron chi connectivity index (χ3n) is 4.28. The van der Waals surface area contributed by atoms with Gasteiger partial charge in [-0.05, 0) is 49.4 Å². The number of halogens is 1. The van der Waals surface area contributed by atoms with E-state index in [2.05, 4.69) is 12.2 Å². The summed E-state index contributed by atoms with van der Waals surface area (Å²) in [5.74, 6) is 0.508. The van der Waals surface area contributed by atoms with Crippen molar-refractivity contribution >= 4 is 0 Å². The number of methoxy groups -OCH3 is 1. The van der Waals surface area contributed by atoms with Gasteiger partial charge in [0.2, 0.25) is 0 Å². The molecule has 1 saturated carbocycles.